The van der Waals surface area contributed by atoms with E-state index in [1.165, 1.54) is 33.6 Å². The fraction of sp³-hybridized carbons (Fsp3) is 0.478. The molecule has 2 aromatic carbocycles. The third-order valence-electron chi connectivity index (χ3n) is 5.05. The molecule has 0 radical (unpaired) electrons. The third-order valence-corrected chi connectivity index (χ3v) is 5.54. The Morgan fingerprint density at radius 2 is 1.28 bits per heavy atom. The predicted octanol–water partition coefficient (Wildman–Crippen LogP) is -1.81. The first-order chi connectivity index (χ1) is 13.2. The van der Waals surface area contributed by atoms with Gasteiger partial charge in [-0.3, -0.25) is 0 Å². The average molecular weight is 482 g/mol. The van der Waals surface area contributed by atoms with Gasteiger partial charge in [0.1, 0.15) is 0 Å². The molecule has 0 aliphatic carbocycles. The quantitative estimate of drug-likeness (QED) is 0.261. The van der Waals surface area contributed by atoms with Crippen LogP contribution in [0.15, 0.2) is 30.3 Å². The molecule has 0 amide bonds. The molecule has 0 aliphatic heterocycles. The van der Waals surface area contributed by atoms with E-state index in [1.807, 2.05) is 0 Å². The van der Waals surface area contributed by atoms with Crippen molar-refractivity contribution in [2.45, 2.75) is 53.4 Å². The minimum Gasteiger partial charge on any atom is -1.00 e. The molecule has 3 N–H and O–H groups in total. The van der Waals surface area contributed by atoms with E-state index in [2.05, 4.69) is 89.7 Å². The van der Waals surface area contributed by atoms with Gasteiger partial charge >= 0.3 is 153 Å². The van der Waals surface area contributed by atoms with Crippen LogP contribution in [0.3, 0.4) is 0 Å². The standard InChI is InChI=1S/C23H34N3.2ClH.Co/c1-5-18-11-9-12-19(6-2)22(18)25-16-15-24-17-26-23-20(7-3)13-10-14-21(23)8-4;;;/h9-13,24-26H,5-8,15-17H2,1-4H3;2*1H;/q;;;+2/p-2. The van der Waals surface area contributed by atoms with Gasteiger partial charge in [-0.25, -0.2) is 0 Å². The van der Waals surface area contributed by atoms with Crippen molar-refractivity contribution in [1.82, 2.24) is 5.32 Å². The maximum Gasteiger partial charge on any atom is -1.00 e. The smallest absolute Gasteiger partial charge is 1.00 e. The normalized spacial score (nSPS) is 10.1. The fourth-order valence-corrected chi connectivity index (χ4v) is 3.90. The molecule has 0 saturated heterocycles. The van der Waals surface area contributed by atoms with Crippen molar-refractivity contribution in [3.05, 3.63) is 52.6 Å². The van der Waals surface area contributed by atoms with Crippen LogP contribution >= 0.6 is 0 Å². The second-order valence-electron chi connectivity index (χ2n) is 6.68. The monoisotopic (exact) mass is 481 g/mol. The first-order valence-corrected chi connectivity index (χ1v) is 10.7. The van der Waals surface area contributed by atoms with Gasteiger partial charge < -0.3 is 24.8 Å². The van der Waals surface area contributed by atoms with Crippen LogP contribution in [0.25, 0.3) is 0 Å². The minimum atomic E-state index is 0. The Balaban J connectivity index is 0.00000392. The maximum atomic E-state index is 4.67. The molecule has 2 aromatic rings. The average Bonchev–Trinajstić information content (AvgIpc) is 2.70. The number of hydrogen-bond donors (Lipinski definition) is 3. The summed E-state index contributed by atoms with van der Waals surface area (Å²) in [7, 11) is 0. The Labute approximate surface area is 197 Å². The van der Waals surface area contributed by atoms with Crippen molar-refractivity contribution in [3.63, 3.8) is 0 Å². The molecule has 0 saturated carbocycles. The Morgan fingerprint density at radius 3 is 1.83 bits per heavy atom. The second kappa shape index (κ2) is 15.0. The molecular formula is C23H34Cl2CoN3. The summed E-state index contributed by atoms with van der Waals surface area (Å²) in [4.78, 5) is 0. The van der Waals surface area contributed by atoms with Crippen LogP contribution in [0.2, 0.25) is 0 Å². The van der Waals surface area contributed by atoms with E-state index in [4.69, 9.17) is 0 Å². The summed E-state index contributed by atoms with van der Waals surface area (Å²) in [5, 5.41) is 10.7. The fourth-order valence-electron chi connectivity index (χ4n) is 3.50. The van der Waals surface area contributed by atoms with Crippen LogP contribution in [0.4, 0.5) is 11.4 Å². The molecule has 164 valence electrons. The Morgan fingerprint density at radius 1 is 0.690 bits per heavy atom. The van der Waals surface area contributed by atoms with Gasteiger partial charge in [-0.2, -0.15) is 0 Å². The van der Waals surface area contributed by atoms with Crippen molar-refractivity contribution < 1.29 is 40.6 Å². The van der Waals surface area contributed by atoms with E-state index in [0.717, 1.165) is 49.9 Å². The van der Waals surface area contributed by atoms with Crippen molar-refractivity contribution >= 4 is 15.9 Å². The Bertz CT molecular complexity index is 716. The third kappa shape index (κ3) is 7.69. The molecule has 0 aromatic heterocycles. The van der Waals surface area contributed by atoms with Crippen molar-refractivity contribution in [1.29, 1.82) is 0 Å². The first kappa shape index (κ1) is 28.1. The summed E-state index contributed by atoms with van der Waals surface area (Å²) in [6, 6.07) is 10.9. The van der Waals surface area contributed by atoms with Crippen LogP contribution in [0.5, 0.6) is 0 Å². The number of nitrogens with one attached hydrogen (secondary N) is 3. The summed E-state index contributed by atoms with van der Waals surface area (Å²) in [5.41, 5.74) is 8.03. The zero-order valence-corrected chi connectivity index (χ0v) is 20.5. The molecular weight excluding hydrogens is 448 g/mol. The second-order valence-corrected chi connectivity index (χ2v) is 7.24. The van der Waals surface area contributed by atoms with Crippen LogP contribution in [-0.4, -0.2) is 19.8 Å². The van der Waals surface area contributed by atoms with Gasteiger partial charge in [0.25, 0.3) is 0 Å². The minimum absolute atomic E-state index is 0. The summed E-state index contributed by atoms with van der Waals surface area (Å²) in [6.45, 7) is 11.4. The molecule has 0 unspecified atom stereocenters. The first-order valence-electron chi connectivity index (χ1n) is 10.2. The topological polar surface area (TPSA) is 36.1 Å². The zero-order chi connectivity index (χ0) is 19.6. The number of aryl methyl sites for hydroxylation is 3. The van der Waals surface area contributed by atoms with E-state index in [1.54, 1.807) is 0 Å². The van der Waals surface area contributed by atoms with Gasteiger partial charge in [-0.1, -0.05) is 19.9 Å². The van der Waals surface area contributed by atoms with Gasteiger partial charge in [0, 0.05) is 0 Å². The number of halogens is 2. The molecule has 3 nitrogen and oxygen atoms in total. The molecule has 29 heavy (non-hydrogen) atoms. The van der Waals surface area contributed by atoms with Crippen molar-refractivity contribution in [2.24, 2.45) is 0 Å². The summed E-state index contributed by atoms with van der Waals surface area (Å²) in [5.74, 6) is 0. The van der Waals surface area contributed by atoms with E-state index in [0.29, 0.717) is 0 Å². The van der Waals surface area contributed by atoms with E-state index in [9.17, 15) is 0 Å². The van der Waals surface area contributed by atoms with Gasteiger partial charge in [0.05, 0.1) is 0 Å². The maximum absolute atomic E-state index is 4.67. The van der Waals surface area contributed by atoms with Crippen molar-refractivity contribution in [3.8, 4) is 0 Å². The zero-order valence-electron chi connectivity index (χ0n) is 17.9. The summed E-state index contributed by atoms with van der Waals surface area (Å²) < 4.78 is 1.06. The number of benzene rings is 2. The van der Waals surface area contributed by atoms with Crippen LogP contribution < -0.4 is 45.3 Å². The largest absolute Gasteiger partial charge is 1.00 e. The summed E-state index contributed by atoms with van der Waals surface area (Å²) >= 11 is 4.67. The van der Waals surface area contributed by atoms with Crippen LogP contribution in [0.1, 0.15) is 49.9 Å². The van der Waals surface area contributed by atoms with Gasteiger partial charge in [0.2, 0.25) is 0 Å². The Hall–Kier alpha value is -0.914. The van der Waals surface area contributed by atoms with E-state index in [-0.39, 0.29) is 24.8 Å². The Kier molecular flexibility index (Phi) is 14.5. The number of rotatable bonds is 11. The van der Waals surface area contributed by atoms with Gasteiger partial charge in [0.15, 0.2) is 0 Å². The molecule has 0 spiro atoms. The molecule has 0 aliphatic rings. The predicted molar refractivity (Wildman–Crippen MR) is 115 cm³/mol. The molecule has 2 rings (SSSR count). The molecule has 0 heterocycles. The number of hydrogen-bond acceptors (Lipinski definition) is 3. The van der Waals surface area contributed by atoms with Gasteiger partial charge in [-0.05, 0) is 0 Å². The molecule has 0 bridgehead atoms. The van der Waals surface area contributed by atoms with E-state index < -0.39 is 0 Å². The number of anilines is 2. The molecule has 0 atom stereocenters. The summed E-state index contributed by atoms with van der Waals surface area (Å²) in [6.07, 6.45) is 4.13. The number of para-hydroxylation sites is 1. The molecule has 6 heteroatoms. The van der Waals surface area contributed by atoms with Gasteiger partial charge in [-0.15, -0.1) is 0 Å². The van der Waals surface area contributed by atoms with Crippen LogP contribution in [-0.2, 0) is 41.4 Å². The SMILES string of the molecule is CCc1cccc(CC)c1NCCNCNc1c(CC)cc[c]([Co+2])c1CC.[Cl-].[Cl-]. The van der Waals surface area contributed by atoms with E-state index >= 15 is 0 Å². The molecule has 0 fully saturated rings. The van der Waals surface area contributed by atoms with Crippen molar-refractivity contribution in [2.75, 3.05) is 30.4 Å². The van der Waals surface area contributed by atoms with Crippen LogP contribution in [0, 0.1) is 0 Å².